The Morgan fingerprint density at radius 3 is 2.84 bits per heavy atom. The van der Waals surface area contributed by atoms with Gasteiger partial charge in [-0.25, -0.2) is 4.98 Å². The Balaban J connectivity index is 1.31. The van der Waals surface area contributed by atoms with E-state index in [1.54, 1.807) is 12.1 Å². The van der Waals surface area contributed by atoms with E-state index in [9.17, 15) is 4.79 Å². The quantitative estimate of drug-likeness (QED) is 0.695. The lowest BCUT2D eigenvalue weighted by molar-refractivity contribution is -0.116. The van der Waals surface area contributed by atoms with E-state index < -0.39 is 0 Å². The minimum absolute atomic E-state index is 0.108. The van der Waals surface area contributed by atoms with Gasteiger partial charge in [0.25, 0.3) is 0 Å². The van der Waals surface area contributed by atoms with Crippen LogP contribution in [0.15, 0.2) is 34.2 Å². The van der Waals surface area contributed by atoms with Gasteiger partial charge >= 0.3 is 0 Å². The van der Waals surface area contributed by atoms with Crippen molar-refractivity contribution in [3.8, 4) is 11.4 Å². The van der Waals surface area contributed by atoms with Crippen molar-refractivity contribution in [1.82, 2.24) is 15.1 Å². The predicted molar refractivity (Wildman–Crippen MR) is 95.8 cm³/mol. The average Bonchev–Trinajstić information content (AvgIpc) is 3.17. The summed E-state index contributed by atoms with van der Waals surface area (Å²) in [7, 11) is 0. The first-order chi connectivity index (χ1) is 12.2. The molecule has 0 aliphatic heterocycles. The molecule has 2 heterocycles. The minimum atomic E-state index is -0.108. The fraction of sp³-hybridized carbons (Fsp3) is 0.294. The van der Waals surface area contributed by atoms with Crippen LogP contribution in [0.4, 0.5) is 5.13 Å². The molecule has 0 radical (unpaired) electrons. The van der Waals surface area contributed by atoms with Gasteiger partial charge in [-0.05, 0) is 37.1 Å². The molecule has 3 aromatic rings. The Morgan fingerprint density at radius 2 is 2.08 bits per heavy atom. The number of amides is 1. The minimum Gasteiger partial charge on any atom is -0.339 e. The number of anilines is 1. The summed E-state index contributed by atoms with van der Waals surface area (Å²) in [4.78, 5) is 20.8. The molecule has 1 N–H and O–H groups in total. The van der Waals surface area contributed by atoms with E-state index in [-0.39, 0.29) is 12.3 Å². The summed E-state index contributed by atoms with van der Waals surface area (Å²) >= 11 is 7.33. The van der Waals surface area contributed by atoms with Gasteiger partial charge in [-0.1, -0.05) is 16.8 Å². The monoisotopic (exact) mass is 374 g/mol. The Hall–Kier alpha value is -2.25. The van der Waals surface area contributed by atoms with Crippen LogP contribution in [0.3, 0.4) is 0 Å². The molecule has 1 aliphatic rings. The molecule has 2 aromatic heterocycles. The first-order valence-electron chi connectivity index (χ1n) is 8.01. The second-order valence-corrected chi connectivity index (χ2v) is 7.21. The highest BCUT2D eigenvalue weighted by atomic mass is 35.5. The zero-order chi connectivity index (χ0) is 17.2. The first-order valence-corrected chi connectivity index (χ1v) is 9.27. The molecule has 1 fully saturated rings. The van der Waals surface area contributed by atoms with Crippen molar-refractivity contribution < 1.29 is 9.32 Å². The molecule has 0 atom stereocenters. The highest BCUT2D eigenvalue weighted by molar-refractivity contribution is 7.13. The summed E-state index contributed by atoms with van der Waals surface area (Å²) in [5.74, 6) is 1.40. The van der Waals surface area contributed by atoms with E-state index in [1.807, 2.05) is 17.5 Å². The molecule has 1 aliphatic carbocycles. The number of nitrogens with zero attached hydrogens (tertiary/aromatic N) is 3. The van der Waals surface area contributed by atoms with Crippen molar-refractivity contribution in [2.45, 2.75) is 31.6 Å². The first kappa shape index (κ1) is 16.2. The van der Waals surface area contributed by atoms with E-state index in [0.29, 0.717) is 34.2 Å². The number of benzene rings is 1. The van der Waals surface area contributed by atoms with Crippen LogP contribution in [-0.2, 0) is 11.2 Å². The second kappa shape index (κ2) is 6.93. The molecule has 0 bridgehead atoms. The summed E-state index contributed by atoms with van der Waals surface area (Å²) < 4.78 is 5.21. The summed E-state index contributed by atoms with van der Waals surface area (Å²) in [6, 6.07) is 7.18. The Labute approximate surface area is 153 Å². The Bertz CT molecular complexity index is 886. The van der Waals surface area contributed by atoms with Crippen molar-refractivity contribution in [1.29, 1.82) is 0 Å². The molecule has 0 unspecified atom stereocenters. The maximum atomic E-state index is 12.0. The number of aryl methyl sites for hydroxylation is 1. The SMILES string of the molecule is O=C(CCc1nc(-c2ccc(Cl)cc2)no1)Nc1nc(C2CC2)cs1. The lowest BCUT2D eigenvalue weighted by Gasteiger charge is -1.99. The number of nitrogens with one attached hydrogen (secondary N) is 1. The Morgan fingerprint density at radius 1 is 1.28 bits per heavy atom. The number of thiazole rings is 1. The third-order valence-electron chi connectivity index (χ3n) is 3.90. The highest BCUT2D eigenvalue weighted by Gasteiger charge is 2.26. The van der Waals surface area contributed by atoms with Crippen LogP contribution < -0.4 is 5.32 Å². The second-order valence-electron chi connectivity index (χ2n) is 5.92. The normalized spacial score (nSPS) is 13.8. The van der Waals surface area contributed by atoms with Crippen molar-refractivity contribution in [2.75, 3.05) is 5.32 Å². The Kier molecular flexibility index (Phi) is 4.50. The van der Waals surface area contributed by atoms with Gasteiger partial charge in [-0.15, -0.1) is 11.3 Å². The molecular weight excluding hydrogens is 360 g/mol. The maximum Gasteiger partial charge on any atom is 0.227 e. The van der Waals surface area contributed by atoms with Gasteiger partial charge in [0.15, 0.2) is 5.13 Å². The summed E-state index contributed by atoms with van der Waals surface area (Å²) in [5, 5.41) is 10.1. The van der Waals surface area contributed by atoms with Crippen molar-refractivity contribution in [2.24, 2.45) is 0 Å². The molecule has 0 saturated heterocycles. The molecule has 4 rings (SSSR count). The smallest absolute Gasteiger partial charge is 0.227 e. The molecule has 8 heteroatoms. The zero-order valence-corrected chi connectivity index (χ0v) is 14.8. The van der Waals surface area contributed by atoms with Gasteiger partial charge in [0.05, 0.1) is 5.69 Å². The van der Waals surface area contributed by atoms with Crippen LogP contribution in [0, 0.1) is 0 Å². The zero-order valence-electron chi connectivity index (χ0n) is 13.2. The van der Waals surface area contributed by atoms with E-state index in [2.05, 4.69) is 20.4 Å². The predicted octanol–water partition coefficient (Wildman–Crippen LogP) is 4.30. The standard InChI is InChI=1S/C17H15ClN4O2S/c18-12-5-3-11(4-6-12)16-21-15(24-22-16)8-7-14(23)20-17-19-13(9-25-17)10-1-2-10/h3-6,9-10H,1-2,7-8H2,(H,19,20,23). The highest BCUT2D eigenvalue weighted by Crippen LogP contribution is 2.40. The molecular formula is C17H15ClN4O2S. The molecule has 1 amide bonds. The molecule has 1 saturated carbocycles. The number of halogens is 1. The van der Waals surface area contributed by atoms with E-state index >= 15 is 0 Å². The largest absolute Gasteiger partial charge is 0.339 e. The van der Waals surface area contributed by atoms with Gasteiger partial charge in [-0.3, -0.25) is 4.79 Å². The topological polar surface area (TPSA) is 80.9 Å². The van der Waals surface area contributed by atoms with Crippen LogP contribution in [-0.4, -0.2) is 21.0 Å². The number of rotatable bonds is 6. The third-order valence-corrected chi connectivity index (χ3v) is 4.93. The number of aromatic nitrogens is 3. The third kappa shape index (κ3) is 4.05. The average molecular weight is 375 g/mol. The number of hydrogen-bond acceptors (Lipinski definition) is 6. The van der Waals surface area contributed by atoms with Gasteiger partial charge in [-0.2, -0.15) is 4.98 Å². The van der Waals surface area contributed by atoms with Gasteiger partial charge < -0.3 is 9.84 Å². The van der Waals surface area contributed by atoms with E-state index in [0.717, 1.165) is 11.3 Å². The van der Waals surface area contributed by atoms with Crippen LogP contribution in [0.1, 0.15) is 36.8 Å². The molecule has 128 valence electrons. The number of hydrogen-bond donors (Lipinski definition) is 1. The van der Waals surface area contributed by atoms with Crippen molar-refractivity contribution in [3.63, 3.8) is 0 Å². The summed E-state index contributed by atoms with van der Waals surface area (Å²) in [6.07, 6.45) is 3.04. The fourth-order valence-corrected chi connectivity index (χ4v) is 3.32. The lowest BCUT2D eigenvalue weighted by atomic mass is 10.2. The van der Waals surface area contributed by atoms with Crippen LogP contribution in [0.5, 0.6) is 0 Å². The number of carbonyl (C=O) groups excluding carboxylic acids is 1. The van der Waals surface area contributed by atoms with Gasteiger partial charge in [0.1, 0.15) is 0 Å². The summed E-state index contributed by atoms with van der Waals surface area (Å²) in [5.41, 5.74) is 1.91. The van der Waals surface area contributed by atoms with E-state index in [1.165, 1.54) is 24.2 Å². The summed E-state index contributed by atoms with van der Waals surface area (Å²) in [6.45, 7) is 0. The van der Waals surface area contributed by atoms with Gasteiger partial charge in [0, 0.05) is 34.7 Å². The number of carbonyl (C=O) groups is 1. The van der Waals surface area contributed by atoms with Crippen LogP contribution >= 0.6 is 22.9 Å². The molecule has 6 nitrogen and oxygen atoms in total. The molecule has 1 aromatic carbocycles. The maximum absolute atomic E-state index is 12.0. The molecule has 25 heavy (non-hydrogen) atoms. The van der Waals surface area contributed by atoms with Crippen LogP contribution in [0.25, 0.3) is 11.4 Å². The molecule has 0 spiro atoms. The van der Waals surface area contributed by atoms with Crippen LogP contribution in [0.2, 0.25) is 5.02 Å². The fourth-order valence-electron chi connectivity index (χ4n) is 2.39. The van der Waals surface area contributed by atoms with Gasteiger partial charge in [0.2, 0.25) is 17.6 Å². The van der Waals surface area contributed by atoms with E-state index in [4.69, 9.17) is 16.1 Å². The lowest BCUT2D eigenvalue weighted by Crippen LogP contribution is -2.12. The van der Waals surface area contributed by atoms with Crippen molar-refractivity contribution in [3.05, 3.63) is 46.3 Å². The van der Waals surface area contributed by atoms with Crippen molar-refractivity contribution >= 4 is 34.0 Å².